The molecule has 3 aliphatic heterocycles. The Bertz CT molecular complexity index is 912. The highest BCUT2D eigenvalue weighted by molar-refractivity contribution is 5.78. The molecule has 0 aromatic heterocycles. The monoisotopic (exact) mass is 484 g/mol. The lowest BCUT2D eigenvalue weighted by Gasteiger charge is -2.39. The van der Waals surface area contributed by atoms with Crippen LogP contribution in [0.5, 0.6) is 5.75 Å². The number of urea groups is 1. The van der Waals surface area contributed by atoms with Crippen molar-refractivity contribution in [3.8, 4) is 5.75 Å². The average Bonchev–Trinajstić information content (AvgIpc) is 3.40. The Morgan fingerprint density at radius 2 is 1.71 bits per heavy atom. The van der Waals surface area contributed by atoms with Gasteiger partial charge in [-0.15, -0.1) is 0 Å². The van der Waals surface area contributed by atoms with Crippen LogP contribution in [0.1, 0.15) is 63.9 Å². The molecule has 0 unspecified atom stereocenters. The van der Waals surface area contributed by atoms with Crippen LogP contribution in [-0.4, -0.2) is 72.5 Å². The van der Waals surface area contributed by atoms with E-state index in [2.05, 4.69) is 10.6 Å². The van der Waals surface area contributed by atoms with Gasteiger partial charge in [0.1, 0.15) is 5.75 Å². The van der Waals surface area contributed by atoms with Gasteiger partial charge in [0.25, 0.3) is 5.91 Å². The van der Waals surface area contributed by atoms with E-state index in [9.17, 15) is 14.4 Å². The number of para-hydroxylation sites is 1. The van der Waals surface area contributed by atoms with Crippen LogP contribution in [0.2, 0.25) is 0 Å². The Morgan fingerprint density at radius 1 is 1.00 bits per heavy atom. The van der Waals surface area contributed by atoms with Crippen molar-refractivity contribution in [1.29, 1.82) is 0 Å². The van der Waals surface area contributed by atoms with E-state index in [1.165, 1.54) is 0 Å². The Morgan fingerprint density at radius 3 is 2.40 bits per heavy atom. The summed E-state index contributed by atoms with van der Waals surface area (Å²) >= 11 is 0. The predicted molar refractivity (Wildman–Crippen MR) is 134 cm³/mol. The average molecular weight is 485 g/mol. The van der Waals surface area contributed by atoms with E-state index < -0.39 is 0 Å². The molecule has 1 aromatic carbocycles. The molecule has 3 heterocycles. The Balaban J connectivity index is 1.12. The molecule has 2 atom stereocenters. The number of carbonyl (C=O) groups is 3. The molecule has 3 saturated heterocycles. The van der Waals surface area contributed by atoms with Gasteiger partial charge in [-0.05, 0) is 63.0 Å². The fraction of sp³-hybridized carbons (Fsp3) is 0.667. The van der Waals surface area contributed by atoms with Crippen LogP contribution in [-0.2, 0) is 9.59 Å². The second-order valence-electron chi connectivity index (χ2n) is 10.6. The summed E-state index contributed by atoms with van der Waals surface area (Å²) < 4.78 is 5.75. The maximum atomic E-state index is 12.8. The molecule has 1 aromatic rings. The summed E-state index contributed by atoms with van der Waals surface area (Å²) in [6, 6.07) is 8.04. The van der Waals surface area contributed by atoms with E-state index in [4.69, 9.17) is 4.74 Å². The van der Waals surface area contributed by atoms with Gasteiger partial charge < -0.3 is 25.2 Å². The normalized spacial score (nSPS) is 23.3. The van der Waals surface area contributed by atoms with Gasteiger partial charge in [0.05, 0.1) is 6.04 Å². The molecule has 1 spiro atoms. The molecular weight excluding hydrogens is 444 g/mol. The minimum absolute atomic E-state index is 0.0383. The predicted octanol–water partition coefficient (Wildman–Crippen LogP) is 3.24. The number of aryl methyl sites for hydroxylation is 1. The highest BCUT2D eigenvalue weighted by Crippen LogP contribution is 2.40. The van der Waals surface area contributed by atoms with Crippen LogP contribution in [0.25, 0.3) is 0 Å². The van der Waals surface area contributed by atoms with Gasteiger partial charge in [-0.3, -0.25) is 9.59 Å². The zero-order chi connectivity index (χ0) is 24.8. The van der Waals surface area contributed by atoms with Crippen molar-refractivity contribution in [3.63, 3.8) is 0 Å². The molecule has 8 nitrogen and oxygen atoms in total. The summed E-state index contributed by atoms with van der Waals surface area (Å²) in [6.07, 6.45) is 7.41. The van der Waals surface area contributed by atoms with Gasteiger partial charge in [-0.2, -0.15) is 0 Å². The third kappa shape index (κ3) is 6.47. The fourth-order valence-corrected chi connectivity index (χ4v) is 5.68. The number of nitrogens with one attached hydrogen (secondary N) is 2. The summed E-state index contributed by atoms with van der Waals surface area (Å²) in [5.74, 6) is 1.06. The summed E-state index contributed by atoms with van der Waals surface area (Å²) in [6.45, 7) is 7.21. The first-order valence-electron chi connectivity index (χ1n) is 13.2. The molecule has 192 valence electrons. The van der Waals surface area contributed by atoms with Crippen LogP contribution in [0.3, 0.4) is 0 Å². The highest BCUT2D eigenvalue weighted by atomic mass is 16.5. The van der Waals surface area contributed by atoms with Crippen LogP contribution < -0.4 is 15.4 Å². The Hall–Kier alpha value is -2.77. The van der Waals surface area contributed by atoms with Crippen molar-refractivity contribution in [2.45, 2.75) is 77.3 Å². The first-order chi connectivity index (χ1) is 16.8. The fourth-order valence-electron chi connectivity index (χ4n) is 5.68. The van der Waals surface area contributed by atoms with Crippen molar-refractivity contribution < 1.29 is 19.1 Å². The first kappa shape index (κ1) is 25.3. The molecule has 4 rings (SSSR count). The highest BCUT2D eigenvalue weighted by Gasteiger charge is 2.42. The SMILES string of the molecule is Cc1ccccc1OCC(=O)N1CCC2(CC1)CCN(C(=O)CCCCC[C@H]1NC(=O)N[C@H]1C)C2. The van der Waals surface area contributed by atoms with E-state index in [1.807, 2.05) is 47.9 Å². The van der Waals surface area contributed by atoms with Crippen molar-refractivity contribution in [1.82, 2.24) is 20.4 Å². The molecule has 3 aliphatic rings. The quantitative estimate of drug-likeness (QED) is 0.527. The number of rotatable bonds is 9. The maximum absolute atomic E-state index is 12.8. The van der Waals surface area contributed by atoms with Crippen molar-refractivity contribution >= 4 is 17.8 Å². The standard InChI is InChI=1S/C27H40N4O4/c1-20-8-6-7-10-23(20)35-18-25(33)30-15-12-27(13-16-30)14-17-31(19-27)24(32)11-5-3-4-9-22-21(2)28-26(34)29-22/h6-8,10,21-22H,3-5,9,11-19H2,1-2H3,(H2,28,29,34)/t21-,22+/m0/s1. The molecule has 0 bridgehead atoms. The van der Waals surface area contributed by atoms with Crippen molar-refractivity contribution in [3.05, 3.63) is 29.8 Å². The van der Waals surface area contributed by atoms with Gasteiger partial charge in [0.2, 0.25) is 5.91 Å². The first-order valence-corrected chi connectivity index (χ1v) is 13.2. The van der Waals surface area contributed by atoms with Gasteiger partial charge in [0, 0.05) is 38.6 Å². The lowest BCUT2D eigenvalue weighted by molar-refractivity contribution is -0.136. The molecule has 3 fully saturated rings. The largest absolute Gasteiger partial charge is 0.484 e. The third-order valence-electron chi connectivity index (χ3n) is 8.10. The summed E-state index contributed by atoms with van der Waals surface area (Å²) in [4.78, 5) is 40.8. The molecule has 35 heavy (non-hydrogen) atoms. The van der Waals surface area contributed by atoms with Crippen molar-refractivity contribution in [2.24, 2.45) is 5.41 Å². The number of hydrogen-bond donors (Lipinski definition) is 2. The number of unbranched alkanes of at least 4 members (excludes halogenated alkanes) is 2. The molecule has 0 saturated carbocycles. The van der Waals surface area contributed by atoms with E-state index in [0.717, 1.165) is 82.4 Å². The van der Waals surface area contributed by atoms with Crippen LogP contribution in [0, 0.1) is 12.3 Å². The summed E-state index contributed by atoms with van der Waals surface area (Å²) in [5.41, 5.74) is 1.19. The number of likely N-dealkylation sites (tertiary alicyclic amines) is 2. The van der Waals surface area contributed by atoms with Crippen LogP contribution in [0.4, 0.5) is 4.79 Å². The van der Waals surface area contributed by atoms with Crippen LogP contribution >= 0.6 is 0 Å². The van der Waals surface area contributed by atoms with Crippen molar-refractivity contribution in [2.75, 3.05) is 32.8 Å². The maximum Gasteiger partial charge on any atom is 0.315 e. The van der Waals surface area contributed by atoms with Gasteiger partial charge in [-0.25, -0.2) is 4.79 Å². The number of ether oxygens (including phenoxy) is 1. The number of amides is 4. The van der Waals surface area contributed by atoms with E-state index in [-0.39, 0.29) is 42.0 Å². The van der Waals surface area contributed by atoms with Gasteiger partial charge in [0.15, 0.2) is 6.61 Å². The minimum atomic E-state index is -0.0774. The summed E-state index contributed by atoms with van der Waals surface area (Å²) in [7, 11) is 0. The zero-order valence-corrected chi connectivity index (χ0v) is 21.2. The molecule has 4 amide bonds. The molecule has 0 radical (unpaired) electrons. The lowest BCUT2D eigenvalue weighted by Crippen LogP contribution is -2.46. The summed E-state index contributed by atoms with van der Waals surface area (Å²) in [5, 5.41) is 5.83. The zero-order valence-electron chi connectivity index (χ0n) is 21.2. The third-order valence-corrected chi connectivity index (χ3v) is 8.10. The van der Waals surface area contributed by atoms with Gasteiger partial charge >= 0.3 is 6.03 Å². The topological polar surface area (TPSA) is 91.0 Å². The molecule has 8 heteroatoms. The molecule has 2 N–H and O–H groups in total. The number of benzene rings is 1. The number of hydrogen-bond acceptors (Lipinski definition) is 4. The van der Waals surface area contributed by atoms with E-state index in [0.29, 0.717) is 6.42 Å². The van der Waals surface area contributed by atoms with E-state index >= 15 is 0 Å². The minimum Gasteiger partial charge on any atom is -0.484 e. The second kappa shape index (κ2) is 11.3. The number of piperidine rings is 1. The second-order valence-corrected chi connectivity index (χ2v) is 10.6. The van der Waals surface area contributed by atoms with Crippen LogP contribution in [0.15, 0.2) is 24.3 Å². The Kier molecular flexibility index (Phi) is 8.19. The Labute approximate surface area is 208 Å². The number of carbonyl (C=O) groups excluding carboxylic acids is 3. The molecular formula is C27H40N4O4. The smallest absolute Gasteiger partial charge is 0.315 e. The lowest BCUT2D eigenvalue weighted by atomic mass is 9.78. The van der Waals surface area contributed by atoms with Gasteiger partial charge in [-0.1, -0.05) is 31.0 Å². The van der Waals surface area contributed by atoms with E-state index in [1.54, 1.807) is 0 Å². The number of nitrogens with zero attached hydrogens (tertiary/aromatic N) is 2. The molecule has 0 aliphatic carbocycles.